The van der Waals surface area contributed by atoms with Gasteiger partial charge in [0.05, 0.1) is 0 Å². The minimum Gasteiger partial charge on any atom is -0.462 e. The van der Waals surface area contributed by atoms with Crippen LogP contribution in [-0.2, 0) is 28.6 Å². The van der Waals surface area contributed by atoms with Crippen molar-refractivity contribution >= 4 is 17.9 Å². The van der Waals surface area contributed by atoms with E-state index >= 15 is 0 Å². The van der Waals surface area contributed by atoms with Crippen molar-refractivity contribution in [2.45, 2.75) is 431 Å². The van der Waals surface area contributed by atoms with Crippen LogP contribution >= 0.6 is 0 Å². The lowest BCUT2D eigenvalue weighted by molar-refractivity contribution is -0.167. The van der Waals surface area contributed by atoms with Crippen molar-refractivity contribution in [3.63, 3.8) is 0 Å². The molecule has 1 unspecified atom stereocenters. The van der Waals surface area contributed by atoms with Gasteiger partial charge in [-0.2, -0.15) is 0 Å². The molecule has 0 rings (SSSR count). The Labute approximate surface area is 488 Å². The first-order valence-corrected chi connectivity index (χ1v) is 36.0. The average molecular weight is 1100 g/mol. The number of esters is 3. The summed E-state index contributed by atoms with van der Waals surface area (Å²) in [6, 6.07) is 0. The van der Waals surface area contributed by atoms with Crippen molar-refractivity contribution in [1.29, 1.82) is 0 Å². The Morgan fingerprint density at radius 1 is 0.205 bits per heavy atom. The molecular formula is C72H140O6. The third kappa shape index (κ3) is 65.2. The smallest absolute Gasteiger partial charge is 0.306 e. The van der Waals surface area contributed by atoms with Crippen molar-refractivity contribution in [2.75, 3.05) is 13.2 Å². The molecule has 0 aromatic rings. The summed E-state index contributed by atoms with van der Waals surface area (Å²) in [6.45, 7) is 6.65. The van der Waals surface area contributed by atoms with Gasteiger partial charge in [0.2, 0.25) is 0 Å². The number of carbonyl (C=O) groups excluding carboxylic acids is 3. The predicted molar refractivity (Wildman–Crippen MR) is 340 cm³/mol. The van der Waals surface area contributed by atoms with E-state index in [0.29, 0.717) is 19.3 Å². The lowest BCUT2D eigenvalue weighted by atomic mass is 10.0. The molecular weight excluding hydrogens is 961 g/mol. The summed E-state index contributed by atoms with van der Waals surface area (Å²) in [7, 11) is 0. The van der Waals surface area contributed by atoms with Gasteiger partial charge in [-0.05, 0) is 19.3 Å². The second kappa shape index (κ2) is 67.9. The monoisotopic (exact) mass is 1100 g/mol. The Bertz CT molecular complexity index is 1170. The summed E-state index contributed by atoms with van der Waals surface area (Å²) in [4.78, 5) is 38.0. The van der Waals surface area contributed by atoms with E-state index in [-0.39, 0.29) is 31.1 Å². The van der Waals surface area contributed by atoms with E-state index in [1.807, 2.05) is 0 Å². The molecule has 0 saturated heterocycles. The number of carbonyl (C=O) groups is 3. The van der Waals surface area contributed by atoms with Gasteiger partial charge in [-0.1, -0.05) is 387 Å². The zero-order valence-electron chi connectivity index (χ0n) is 53.5. The fraction of sp³-hybridized carbons (Fsp3) is 0.958. The number of ether oxygens (including phenoxy) is 3. The van der Waals surface area contributed by atoms with Crippen LogP contribution in [-0.4, -0.2) is 37.2 Å². The van der Waals surface area contributed by atoms with Crippen LogP contribution in [0.25, 0.3) is 0 Å². The Kier molecular flexibility index (Phi) is 66.5. The molecule has 0 radical (unpaired) electrons. The van der Waals surface area contributed by atoms with Crippen LogP contribution in [0, 0.1) is 0 Å². The quantitative estimate of drug-likeness (QED) is 0.0343. The van der Waals surface area contributed by atoms with Crippen molar-refractivity contribution in [1.82, 2.24) is 0 Å². The Balaban J connectivity index is 3.85. The maximum Gasteiger partial charge on any atom is 0.306 e. The molecule has 1 atom stereocenters. The molecule has 0 heterocycles. The van der Waals surface area contributed by atoms with Crippen molar-refractivity contribution in [3.05, 3.63) is 0 Å². The fourth-order valence-corrected chi connectivity index (χ4v) is 11.5. The van der Waals surface area contributed by atoms with Gasteiger partial charge in [-0.15, -0.1) is 0 Å². The molecule has 6 nitrogen and oxygen atoms in total. The highest BCUT2D eigenvalue weighted by Crippen LogP contribution is 2.20. The van der Waals surface area contributed by atoms with Gasteiger partial charge in [0.25, 0.3) is 0 Å². The van der Waals surface area contributed by atoms with Crippen LogP contribution in [0.15, 0.2) is 0 Å². The van der Waals surface area contributed by atoms with Crippen LogP contribution in [0.4, 0.5) is 0 Å². The number of hydrogen-bond donors (Lipinski definition) is 0. The van der Waals surface area contributed by atoms with E-state index in [4.69, 9.17) is 14.2 Å². The third-order valence-electron chi connectivity index (χ3n) is 16.9. The van der Waals surface area contributed by atoms with Gasteiger partial charge in [-0.25, -0.2) is 0 Å². The molecule has 0 aromatic heterocycles. The molecule has 0 fully saturated rings. The highest BCUT2D eigenvalue weighted by atomic mass is 16.6. The second-order valence-corrected chi connectivity index (χ2v) is 24.9. The molecule has 0 bridgehead atoms. The van der Waals surface area contributed by atoms with Gasteiger partial charge in [0.15, 0.2) is 6.10 Å². The standard InChI is InChI=1S/C72H140O6/c1-4-7-10-13-15-17-19-21-23-25-27-29-31-32-33-34-35-36-37-38-39-40-41-43-44-46-48-50-52-54-56-59-62-65-71(74)77-68-69(67-76-70(73)64-61-58-12-9-6-3)78-72(75)66-63-60-57-55-53-51-49-47-45-42-30-28-26-24-22-20-18-16-14-11-8-5-2/h69H,4-68H2,1-3H3. The van der Waals surface area contributed by atoms with Gasteiger partial charge in [0.1, 0.15) is 13.2 Å². The zero-order chi connectivity index (χ0) is 56.4. The molecule has 0 aliphatic heterocycles. The van der Waals surface area contributed by atoms with Gasteiger partial charge >= 0.3 is 17.9 Å². The first-order chi connectivity index (χ1) is 38.5. The summed E-state index contributed by atoms with van der Waals surface area (Å²) in [5.74, 6) is -0.843. The molecule has 0 amide bonds. The van der Waals surface area contributed by atoms with Crippen molar-refractivity contribution in [2.24, 2.45) is 0 Å². The van der Waals surface area contributed by atoms with Crippen LogP contribution < -0.4 is 0 Å². The van der Waals surface area contributed by atoms with E-state index in [1.165, 1.54) is 321 Å². The summed E-state index contributed by atoms with van der Waals surface area (Å²) >= 11 is 0. The van der Waals surface area contributed by atoms with E-state index in [1.54, 1.807) is 0 Å². The van der Waals surface area contributed by atoms with Crippen molar-refractivity contribution in [3.8, 4) is 0 Å². The lowest BCUT2D eigenvalue weighted by Gasteiger charge is -2.18. The molecule has 6 heteroatoms. The molecule has 0 N–H and O–H groups in total. The molecule has 0 aromatic carbocycles. The SMILES string of the molecule is CCCCCCCCCCCCCCCCCCCCCCCCCCCCCCCCCCCC(=O)OCC(COC(=O)CCCCCCC)OC(=O)CCCCCCCCCCCCCCCCCCCCCCCC. The number of unbranched alkanes of at least 4 members (excludes halogenated alkanes) is 57. The van der Waals surface area contributed by atoms with E-state index in [0.717, 1.165) is 64.2 Å². The largest absolute Gasteiger partial charge is 0.462 e. The van der Waals surface area contributed by atoms with Crippen molar-refractivity contribution < 1.29 is 28.6 Å². The van der Waals surface area contributed by atoms with Gasteiger partial charge in [0, 0.05) is 19.3 Å². The second-order valence-electron chi connectivity index (χ2n) is 24.9. The number of hydrogen-bond acceptors (Lipinski definition) is 6. The van der Waals surface area contributed by atoms with Crippen LogP contribution in [0.5, 0.6) is 0 Å². The summed E-state index contributed by atoms with van der Waals surface area (Å²) in [5.41, 5.74) is 0. The Morgan fingerprint density at radius 3 is 0.513 bits per heavy atom. The normalized spacial score (nSPS) is 11.9. The maximum atomic E-state index is 12.8. The number of rotatable bonds is 68. The van der Waals surface area contributed by atoms with Crippen LogP contribution in [0.3, 0.4) is 0 Å². The summed E-state index contributed by atoms with van der Waals surface area (Å²) < 4.78 is 16.8. The van der Waals surface area contributed by atoms with Crippen LogP contribution in [0.2, 0.25) is 0 Å². The van der Waals surface area contributed by atoms with Crippen LogP contribution in [0.1, 0.15) is 425 Å². The van der Waals surface area contributed by atoms with E-state index < -0.39 is 6.10 Å². The Hall–Kier alpha value is -1.59. The zero-order valence-corrected chi connectivity index (χ0v) is 53.5. The highest BCUT2D eigenvalue weighted by Gasteiger charge is 2.19. The highest BCUT2D eigenvalue weighted by molar-refractivity contribution is 5.71. The summed E-state index contributed by atoms with van der Waals surface area (Å²) in [5, 5.41) is 0. The maximum absolute atomic E-state index is 12.8. The Morgan fingerprint density at radius 2 is 0.346 bits per heavy atom. The molecule has 78 heavy (non-hydrogen) atoms. The topological polar surface area (TPSA) is 78.9 Å². The fourth-order valence-electron chi connectivity index (χ4n) is 11.5. The third-order valence-corrected chi connectivity index (χ3v) is 16.9. The van der Waals surface area contributed by atoms with E-state index in [2.05, 4.69) is 20.8 Å². The summed E-state index contributed by atoms with van der Waals surface area (Å²) in [6.07, 6.45) is 80.7. The molecule has 0 spiro atoms. The molecule has 0 saturated carbocycles. The molecule has 464 valence electrons. The van der Waals surface area contributed by atoms with Gasteiger partial charge in [-0.3, -0.25) is 14.4 Å². The molecule has 0 aliphatic carbocycles. The minimum atomic E-state index is -0.761. The lowest BCUT2D eigenvalue weighted by Crippen LogP contribution is -2.30. The first-order valence-electron chi connectivity index (χ1n) is 36.0. The first kappa shape index (κ1) is 76.4. The molecule has 0 aliphatic rings. The van der Waals surface area contributed by atoms with E-state index in [9.17, 15) is 14.4 Å². The minimum absolute atomic E-state index is 0.0621. The predicted octanol–water partition coefficient (Wildman–Crippen LogP) is 24.6. The van der Waals surface area contributed by atoms with Gasteiger partial charge < -0.3 is 14.2 Å². The average Bonchev–Trinajstić information content (AvgIpc) is 3.44.